The number of Topliss-reactive ketones (excluding diaryl/α,β-unsaturated/α-hetero) is 1. The summed E-state index contributed by atoms with van der Waals surface area (Å²) in [5, 5.41) is 11.5. The Kier molecular flexibility index (Phi) is 4.95. The molecule has 1 aliphatic heterocycles. The van der Waals surface area contributed by atoms with Crippen molar-refractivity contribution < 1.29 is 19.1 Å². The highest BCUT2D eigenvalue weighted by molar-refractivity contribution is 6.00. The summed E-state index contributed by atoms with van der Waals surface area (Å²) in [6.07, 6.45) is 0.146. The Hall–Kier alpha value is -3.33. The van der Waals surface area contributed by atoms with E-state index in [9.17, 15) is 9.59 Å². The molecule has 0 spiro atoms. The van der Waals surface area contributed by atoms with E-state index in [0.717, 1.165) is 0 Å². The standard InChI is InChI=1S/C19H16N2O4/c20-12-13-2-1-3-15(10-13)21-19(23)7-5-16(22)14-4-6-17-18(11-14)25-9-8-24-17/h1-4,6,10-11H,5,7-9H2,(H,21,23). The van der Waals surface area contributed by atoms with Gasteiger partial charge in [0.1, 0.15) is 13.2 Å². The van der Waals surface area contributed by atoms with E-state index in [1.165, 1.54) is 0 Å². The van der Waals surface area contributed by atoms with Gasteiger partial charge in [-0.1, -0.05) is 6.07 Å². The zero-order valence-corrected chi connectivity index (χ0v) is 13.5. The predicted molar refractivity (Wildman–Crippen MR) is 90.8 cm³/mol. The van der Waals surface area contributed by atoms with Crippen molar-refractivity contribution in [3.63, 3.8) is 0 Å². The molecule has 2 aromatic rings. The maximum absolute atomic E-state index is 12.3. The van der Waals surface area contributed by atoms with Gasteiger partial charge in [0.15, 0.2) is 17.3 Å². The van der Waals surface area contributed by atoms with E-state index in [4.69, 9.17) is 14.7 Å². The van der Waals surface area contributed by atoms with Gasteiger partial charge in [-0.25, -0.2) is 0 Å². The van der Waals surface area contributed by atoms with Crippen molar-refractivity contribution in [2.45, 2.75) is 12.8 Å². The number of ether oxygens (including phenoxy) is 2. The van der Waals surface area contributed by atoms with E-state index in [-0.39, 0.29) is 24.5 Å². The number of nitriles is 1. The molecule has 0 aromatic heterocycles. The number of benzene rings is 2. The molecule has 1 amide bonds. The van der Waals surface area contributed by atoms with Crippen molar-refractivity contribution >= 4 is 17.4 Å². The van der Waals surface area contributed by atoms with Gasteiger partial charge in [0.2, 0.25) is 5.91 Å². The maximum Gasteiger partial charge on any atom is 0.224 e. The molecule has 6 nitrogen and oxygen atoms in total. The molecule has 1 heterocycles. The third-order valence-corrected chi connectivity index (χ3v) is 3.72. The second kappa shape index (κ2) is 7.49. The molecule has 6 heteroatoms. The van der Waals surface area contributed by atoms with Gasteiger partial charge in [0, 0.05) is 24.1 Å². The number of nitrogens with zero attached hydrogens (tertiary/aromatic N) is 1. The quantitative estimate of drug-likeness (QED) is 0.848. The van der Waals surface area contributed by atoms with Crippen LogP contribution in [0, 0.1) is 11.3 Å². The van der Waals surface area contributed by atoms with Gasteiger partial charge in [0.25, 0.3) is 0 Å². The number of nitrogens with one attached hydrogen (secondary N) is 1. The summed E-state index contributed by atoms with van der Waals surface area (Å²) in [5.41, 5.74) is 1.49. The van der Waals surface area contributed by atoms with Crippen LogP contribution in [-0.4, -0.2) is 24.9 Å². The lowest BCUT2D eigenvalue weighted by Crippen LogP contribution is -2.16. The fourth-order valence-corrected chi connectivity index (χ4v) is 2.48. The Balaban J connectivity index is 1.56. The molecule has 0 saturated carbocycles. The van der Waals surface area contributed by atoms with Crippen molar-refractivity contribution in [3.8, 4) is 17.6 Å². The molecule has 25 heavy (non-hydrogen) atoms. The van der Waals surface area contributed by atoms with Crippen LogP contribution in [0.5, 0.6) is 11.5 Å². The molecule has 0 aliphatic carbocycles. The molecule has 126 valence electrons. The molecule has 3 rings (SSSR count). The number of carbonyl (C=O) groups excluding carboxylic acids is 2. The molecule has 0 fully saturated rings. The summed E-state index contributed by atoms with van der Waals surface area (Å²) in [5.74, 6) is 0.756. The van der Waals surface area contributed by atoms with E-state index < -0.39 is 0 Å². The van der Waals surface area contributed by atoms with Gasteiger partial charge < -0.3 is 14.8 Å². The summed E-state index contributed by atoms with van der Waals surface area (Å²) in [6, 6.07) is 13.7. The van der Waals surface area contributed by atoms with E-state index >= 15 is 0 Å². The first kappa shape index (κ1) is 16.5. The molecule has 2 aromatic carbocycles. The Morgan fingerprint density at radius 1 is 1.04 bits per heavy atom. The Morgan fingerprint density at radius 3 is 2.64 bits per heavy atom. The third kappa shape index (κ3) is 4.15. The Morgan fingerprint density at radius 2 is 1.84 bits per heavy atom. The van der Waals surface area contributed by atoms with Crippen LogP contribution in [0.2, 0.25) is 0 Å². The molecule has 1 N–H and O–H groups in total. The average molecular weight is 336 g/mol. The monoisotopic (exact) mass is 336 g/mol. The summed E-state index contributed by atoms with van der Waals surface area (Å²) >= 11 is 0. The van der Waals surface area contributed by atoms with Crippen LogP contribution in [0.25, 0.3) is 0 Å². The van der Waals surface area contributed by atoms with Crippen molar-refractivity contribution in [1.29, 1.82) is 5.26 Å². The molecule has 1 aliphatic rings. The van der Waals surface area contributed by atoms with Crippen molar-refractivity contribution in [1.82, 2.24) is 0 Å². The van der Waals surface area contributed by atoms with Gasteiger partial charge in [-0.05, 0) is 36.4 Å². The van der Waals surface area contributed by atoms with Gasteiger partial charge in [-0.15, -0.1) is 0 Å². The van der Waals surface area contributed by atoms with Crippen molar-refractivity contribution in [3.05, 3.63) is 53.6 Å². The highest BCUT2D eigenvalue weighted by Crippen LogP contribution is 2.31. The van der Waals surface area contributed by atoms with Crippen LogP contribution < -0.4 is 14.8 Å². The molecule has 0 saturated heterocycles. The highest BCUT2D eigenvalue weighted by Gasteiger charge is 2.16. The minimum atomic E-state index is -0.277. The van der Waals surface area contributed by atoms with Crippen LogP contribution in [0.1, 0.15) is 28.8 Å². The molecule has 0 atom stereocenters. The topological polar surface area (TPSA) is 88.4 Å². The summed E-state index contributed by atoms with van der Waals surface area (Å²) in [4.78, 5) is 24.3. The lowest BCUT2D eigenvalue weighted by Gasteiger charge is -2.18. The van der Waals surface area contributed by atoms with E-state index in [1.807, 2.05) is 6.07 Å². The molecule has 0 radical (unpaired) electrons. The van der Waals surface area contributed by atoms with E-state index in [2.05, 4.69) is 5.32 Å². The van der Waals surface area contributed by atoms with Gasteiger partial charge in [0.05, 0.1) is 11.6 Å². The summed E-state index contributed by atoms with van der Waals surface area (Å²) < 4.78 is 10.9. The lowest BCUT2D eigenvalue weighted by atomic mass is 10.1. The SMILES string of the molecule is N#Cc1cccc(NC(=O)CCC(=O)c2ccc3c(c2)OCCO3)c1. The largest absolute Gasteiger partial charge is 0.486 e. The summed E-state index contributed by atoms with van der Waals surface area (Å²) in [7, 11) is 0. The second-order valence-corrected chi connectivity index (χ2v) is 5.52. The normalized spacial score (nSPS) is 12.1. The second-order valence-electron chi connectivity index (χ2n) is 5.52. The number of fused-ring (bicyclic) bond motifs is 1. The van der Waals surface area contributed by atoms with Crippen LogP contribution in [0.15, 0.2) is 42.5 Å². The number of anilines is 1. The number of carbonyl (C=O) groups is 2. The number of rotatable bonds is 5. The number of amides is 1. The first-order valence-electron chi connectivity index (χ1n) is 7.88. The van der Waals surface area contributed by atoms with Crippen molar-refractivity contribution in [2.75, 3.05) is 18.5 Å². The molecular formula is C19H16N2O4. The molecule has 0 bridgehead atoms. The van der Waals surface area contributed by atoms with Crippen LogP contribution in [0.3, 0.4) is 0 Å². The number of hydrogen-bond acceptors (Lipinski definition) is 5. The van der Waals surface area contributed by atoms with E-state index in [1.54, 1.807) is 42.5 Å². The first-order chi connectivity index (χ1) is 12.2. The smallest absolute Gasteiger partial charge is 0.224 e. The van der Waals surface area contributed by atoms with Gasteiger partial charge >= 0.3 is 0 Å². The maximum atomic E-state index is 12.3. The van der Waals surface area contributed by atoms with E-state index in [0.29, 0.717) is 41.5 Å². The fraction of sp³-hybridized carbons (Fsp3) is 0.211. The first-order valence-corrected chi connectivity index (χ1v) is 7.88. The molecule has 0 unspecified atom stereocenters. The number of hydrogen-bond donors (Lipinski definition) is 1. The number of ketones is 1. The van der Waals surface area contributed by atoms with Crippen LogP contribution in [0.4, 0.5) is 5.69 Å². The molecular weight excluding hydrogens is 320 g/mol. The van der Waals surface area contributed by atoms with Crippen LogP contribution >= 0.6 is 0 Å². The third-order valence-electron chi connectivity index (χ3n) is 3.72. The van der Waals surface area contributed by atoms with Gasteiger partial charge in [-0.3, -0.25) is 9.59 Å². The minimum absolute atomic E-state index is 0.0596. The highest BCUT2D eigenvalue weighted by atomic mass is 16.6. The average Bonchev–Trinajstić information content (AvgIpc) is 2.65. The summed E-state index contributed by atoms with van der Waals surface area (Å²) in [6.45, 7) is 0.947. The Labute approximate surface area is 145 Å². The predicted octanol–water partition coefficient (Wildman–Crippen LogP) is 2.93. The zero-order valence-electron chi connectivity index (χ0n) is 13.5. The van der Waals surface area contributed by atoms with Crippen molar-refractivity contribution in [2.24, 2.45) is 0 Å². The zero-order chi connectivity index (χ0) is 17.6. The fourth-order valence-electron chi connectivity index (χ4n) is 2.48. The van der Waals surface area contributed by atoms with Crippen LogP contribution in [-0.2, 0) is 4.79 Å². The lowest BCUT2D eigenvalue weighted by molar-refractivity contribution is -0.116. The Bertz CT molecular complexity index is 855. The minimum Gasteiger partial charge on any atom is -0.486 e. The van der Waals surface area contributed by atoms with Gasteiger partial charge in [-0.2, -0.15) is 5.26 Å².